The molecule has 7 nitrogen and oxygen atoms in total. The van der Waals surface area contributed by atoms with Gasteiger partial charge in [-0.15, -0.1) is 11.3 Å². The Bertz CT molecular complexity index is 615. The van der Waals surface area contributed by atoms with Gasteiger partial charge in [-0.25, -0.2) is 9.97 Å². The lowest BCUT2D eigenvalue weighted by Gasteiger charge is -2.25. The van der Waals surface area contributed by atoms with Crippen molar-refractivity contribution < 1.29 is 9.90 Å². The minimum absolute atomic E-state index is 0.206. The van der Waals surface area contributed by atoms with E-state index < -0.39 is 6.10 Å². The van der Waals surface area contributed by atoms with Crippen molar-refractivity contribution in [2.24, 2.45) is 5.41 Å². The number of hydrogen-bond acceptors (Lipinski definition) is 6. The second-order valence-electron chi connectivity index (χ2n) is 5.86. The second kappa shape index (κ2) is 5.90. The maximum absolute atomic E-state index is 12.2. The molecule has 1 atom stereocenters. The number of aryl methyl sites for hydroxylation is 1. The Morgan fingerprint density at radius 1 is 1.52 bits per heavy atom. The Morgan fingerprint density at radius 2 is 2.24 bits per heavy atom. The van der Waals surface area contributed by atoms with Crippen molar-refractivity contribution in [2.45, 2.75) is 33.8 Å². The number of thiazole rings is 1. The molecule has 1 unspecified atom stereocenters. The van der Waals surface area contributed by atoms with E-state index in [4.69, 9.17) is 0 Å². The molecule has 21 heavy (non-hydrogen) atoms. The van der Waals surface area contributed by atoms with Crippen LogP contribution in [-0.4, -0.2) is 43.8 Å². The van der Waals surface area contributed by atoms with Crippen LogP contribution >= 0.6 is 11.3 Å². The van der Waals surface area contributed by atoms with Gasteiger partial charge in [0.05, 0.1) is 11.8 Å². The van der Waals surface area contributed by atoms with Crippen LogP contribution < -0.4 is 5.32 Å². The highest BCUT2D eigenvalue weighted by Gasteiger charge is 2.24. The van der Waals surface area contributed by atoms with Crippen molar-refractivity contribution in [2.75, 3.05) is 6.54 Å². The fraction of sp³-hybridized carbons (Fsp3) is 0.538. The molecule has 1 amide bonds. The highest BCUT2D eigenvalue weighted by Crippen LogP contribution is 2.25. The van der Waals surface area contributed by atoms with Crippen LogP contribution in [0.1, 0.15) is 36.1 Å². The van der Waals surface area contributed by atoms with Gasteiger partial charge in [-0.05, 0) is 12.3 Å². The van der Waals surface area contributed by atoms with Gasteiger partial charge >= 0.3 is 0 Å². The molecule has 2 heterocycles. The molecule has 0 saturated heterocycles. The van der Waals surface area contributed by atoms with Gasteiger partial charge < -0.3 is 10.4 Å². The van der Waals surface area contributed by atoms with Crippen molar-refractivity contribution in [3.8, 4) is 10.8 Å². The van der Waals surface area contributed by atoms with Crippen molar-refractivity contribution in [3.63, 3.8) is 0 Å². The van der Waals surface area contributed by atoms with Crippen LogP contribution in [0.3, 0.4) is 0 Å². The van der Waals surface area contributed by atoms with Crippen molar-refractivity contribution in [1.82, 2.24) is 25.5 Å². The summed E-state index contributed by atoms with van der Waals surface area (Å²) in [6.45, 7) is 7.74. The molecule has 0 spiro atoms. The zero-order valence-corrected chi connectivity index (χ0v) is 13.3. The first-order chi connectivity index (χ1) is 9.79. The first-order valence-electron chi connectivity index (χ1n) is 6.58. The third-order valence-corrected chi connectivity index (χ3v) is 4.24. The number of aromatic amines is 1. The number of rotatable bonds is 4. The number of hydrogen-bond donors (Lipinski definition) is 3. The molecule has 0 aliphatic heterocycles. The van der Waals surface area contributed by atoms with Crippen molar-refractivity contribution >= 4 is 17.2 Å². The number of aromatic nitrogens is 4. The largest absolute Gasteiger partial charge is 0.391 e. The molecule has 2 aromatic rings. The normalized spacial score (nSPS) is 13.2. The number of nitrogens with one attached hydrogen (secondary N) is 2. The Balaban J connectivity index is 2.07. The van der Waals surface area contributed by atoms with Gasteiger partial charge in [0, 0.05) is 6.54 Å². The van der Waals surface area contributed by atoms with E-state index in [1.165, 1.54) is 17.7 Å². The highest BCUT2D eigenvalue weighted by atomic mass is 32.1. The molecule has 0 aliphatic carbocycles. The predicted octanol–water partition coefficient (Wildman–Crippen LogP) is 1.37. The fourth-order valence-electron chi connectivity index (χ4n) is 1.59. The molecule has 0 bridgehead atoms. The van der Waals surface area contributed by atoms with Crippen LogP contribution in [0.5, 0.6) is 0 Å². The van der Waals surface area contributed by atoms with E-state index in [1.54, 1.807) is 6.92 Å². The molecule has 0 radical (unpaired) electrons. The lowest BCUT2D eigenvalue weighted by atomic mass is 9.89. The minimum atomic E-state index is -0.608. The zero-order valence-electron chi connectivity index (χ0n) is 12.5. The summed E-state index contributed by atoms with van der Waals surface area (Å²) < 4.78 is 0. The summed E-state index contributed by atoms with van der Waals surface area (Å²) in [5.74, 6) is 0.302. The van der Waals surface area contributed by atoms with Crippen molar-refractivity contribution in [3.05, 3.63) is 16.9 Å². The summed E-state index contributed by atoms with van der Waals surface area (Å²) in [6, 6.07) is 0. The average molecular weight is 309 g/mol. The van der Waals surface area contributed by atoms with Crippen molar-refractivity contribution in [1.29, 1.82) is 0 Å². The van der Waals surface area contributed by atoms with Gasteiger partial charge in [0.2, 0.25) is 0 Å². The molecule has 0 saturated carbocycles. The number of amides is 1. The third-order valence-electron chi connectivity index (χ3n) is 3.08. The Hall–Kier alpha value is -1.80. The van der Waals surface area contributed by atoms with Gasteiger partial charge in [0.1, 0.15) is 11.2 Å². The van der Waals surface area contributed by atoms with Crippen LogP contribution in [0.2, 0.25) is 0 Å². The quantitative estimate of drug-likeness (QED) is 0.791. The van der Waals surface area contributed by atoms with Gasteiger partial charge in [-0.1, -0.05) is 20.8 Å². The zero-order chi connectivity index (χ0) is 15.6. The maximum Gasteiger partial charge on any atom is 0.263 e. The summed E-state index contributed by atoms with van der Waals surface area (Å²) in [7, 11) is 0. The number of carbonyl (C=O) groups is 1. The molecular formula is C13H19N5O2S. The van der Waals surface area contributed by atoms with E-state index in [1.807, 2.05) is 20.8 Å². The molecule has 2 rings (SSSR count). The monoisotopic (exact) mass is 309 g/mol. The lowest BCUT2D eigenvalue weighted by Crippen LogP contribution is -2.39. The molecular weight excluding hydrogens is 290 g/mol. The number of nitrogens with zero attached hydrogens (tertiary/aromatic N) is 3. The van der Waals surface area contributed by atoms with E-state index in [0.717, 1.165) is 0 Å². The molecule has 0 aliphatic rings. The van der Waals surface area contributed by atoms with Crippen LogP contribution in [0, 0.1) is 12.3 Å². The lowest BCUT2D eigenvalue weighted by molar-refractivity contribution is 0.0588. The van der Waals surface area contributed by atoms with E-state index in [9.17, 15) is 9.90 Å². The number of carbonyl (C=O) groups excluding carboxylic acids is 1. The van der Waals surface area contributed by atoms with Crippen LogP contribution in [0.15, 0.2) is 6.33 Å². The second-order valence-corrected chi connectivity index (χ2v) is 6.86. The summed E-state index contributed by atoms with van der Waals surface area (Å²) in [5, 5.41) is 19.8. The molecule has 114 valence electrons. The Kier molecular flexibility index (Phi) is 4.38. The summed E-state index contributed by atoms with van der Waals surface area (Å²) in [5.41, 5.74) is 0.357. The van der Waals surface area contributed by atoms with E-state index in [-0.39, 0.29) is 17.9 Å². The molecule has 8 heteroatoms. The summed E-state index contributed by atoms with van der Waals surface area (Å²) in [6.07, 6.45) is 0.786. The van der Waals surface area contributed by atoms with E-state index in [0.29, 0.717) is 21.4 Å². The van der Waals surface area contributed by atoms with Gasteiger partial charge in [-0.3, -0.25) is 9.89 Å². The first kappa shape index (κ1) is 15.6. The average Bonchev–Trinajstić information content (AvgIpc) is 3.03. The number of aliphatic hydroxyl groups excluding tert-OH is 1. The first-order valence-corrected chi connectivity index (χ1v) is 7.40. The molecule has 0 aromatic carbocycles. The smallest absolute Gasteiger partial charge is 0.263 e. The topological polar surface area (TPSA) is 104 Å². The van der Waals surface area contributed by atoms with E-state index in [2.05, 4.69) is 25.5 Å². The van der Waals surface area contributed by atoms with Gasteiger partial charge in [0.25, 0.3) is 5.91 Å². The number of aliphatic hydroxyl groups is 1. The summed E-state index contributed by atoms with van der Waals surface area (Å²) >= 11 is 1.25. The van der Waals surface area contributed by atoms with E-state index >= 15 is 0 Å². The molecule has 3 N–H and O–H groups in total. The highest BCUT2D eigenvalue weighted by molar-refractivity contribution is 7.17. The Morgan fingerprint density at radius 3 is 2.81 bits per heavy atom. The van der Waals surface area contributed by atoms with Crippen LogP contribution in [-0.2, 0) is 0 Å². The van der Waals surface area contributed by atoms with Crippen LogP contribution in [0.4, 0.5) is 0 Å². The standard InChI is InChI=1S/C13H19N5O2S/c1-7-9(11(20)14-5-8(19)13(2,3)4)21-12(17-7)10-15-6-16-18-10/h6,8,19H,5H2,1-4H3,(H,14,20)(H,15,16,18). The third kappa shape index (κ3) is 3.64. The summed E-state index contributed by atoms with van der Waals surface area (Å²) in [4.78, 5) is 21.0. The minimum Gasteiger partial charge on any atom is -0.391 e. The van der Waals surface area contributed by atoms with Gasteiger partial charge in [-0.2, -0.15) is 5.10 Å². The Labute approximate surface area is 126 Å². The number of H-pyrrole nitrogens is 1. The van der Waals surface area contributed by atoms with Crippen LogP contribution in [0.25, 0.3) is 10.8 Å². The molecule has 0 fully saturated rings. The fourth-order valence-corrected chi connectivity index (χ4v) is 2.52. The maximum atomic E-state index is 12.2. The predicted molar refractivity (Wildman–Crippen MR) is 80.0 cm³/mol. The SMILES string of the molecule is Cc1nc(-c2ncn[nH]2)sc1C(=O)NCC(O)C(C)(C)C. The molecule has 2 aromatic heterocycles. The van der Waals surface area contributed by atoms with Gasteiger partial charge in [0.15, 0.2) is 10.8 Å².